The molecule has 0 radical (unpaired) electrons. The molecule has 5 nitrogen and oxygen atoms in total. The fourth-order valence-corrected chi connectivity index (χ4v) is 5.17. The minimum Gasteiger partial charge on any atom is -0.339 e. The van der Waals surface area contributed by atoms with Crippen molar-refractivity contribution in [3.05, 3.63) is 75.7 Å². The molecule has 2 aromatic carbocycles. The molecule has 0 aromatic heterocycles. The van der Waals surface area contributed by atoms with Crippen molar-refractivity contribution in [3.8, 4) is 0 Å². The van der Waals surface area contributed by atoms with Crippen LogP contribution in [0.25, 0.3) is 6.08 Å². The van der Waals surface area contributed by atoms with Crippen LogP contribution in [0.3, 0.4) is 0 Å². The van der Waals surface area contributed by atoms with E-state index in [0.717, 1.165) is 54.5 Å². The molecular formula is C26H25F3N2O3S. The Labute approximate surface area is 206 Å². The van der Waals surface area contributed by atoms with E-state index in [-0.39, 0.29) is 23.4 Å². The Hall–Kier alpha value is -3.07. The molecule has 1 aliphatic heterocycles. The summed E-state index contributed by atoms with van der Waals surface area (Å²) < 4.78 is 38.3. The minimum absolute atomic E-state index is 0.0414. The number of carbonyl (C=O) groups excluding carboxylic acids is 3. The Kier molecular flexibility index (Phi) is 7.35. The Balaban J connectivity index is 1.42. The predicted molar refractivity (Wildman–Crippen MR) is 128 cm³/mol. The maximum absolute atomic E-state index is 12.8. The highest BCUT2D eigenvalue weighted by molar-refractivity contribution is 8.18. The highest BCUT2D eigenvalue weighted by Gasteiger charge is 2.35. The third kappa shape index (κ3) is 5.78. The molecule has 0 bridgehead atoms. The van der Waals surface area contributed by atoms with E-state index >= 15 is 0 Å². The molecular weight excluding hydrogens is 477 g/mol. The Morgan fingerprint density at radius 3 is 2.26 bits per heavy atom. The van der Waals surface area contributed by atoms with Gasteiger partial charge in [-0.3, -0.25) is 19.3 Å². The average molecular weight is 503 g/mol. The number of alkyl halides is 3. The Morgan fingerprint density at radius 2 is 1.66 bits per heavy atom. The first kappa shape index (κ1) is 25.0. The van der Waals surface area contributed by atoms with Gasteiger partial charge in [-0.1, -0.05) is 43.5 Å². The van der Waals surface area contributed by atoms with Crippen LogP contribution < -0.4 is 0 Å². The van der Waals surface area contributed by atoms with Gasteiger partial charge in [0.05, 0.1) is 17.0 Å². The van der Waals surface area contributed by atoms with Crippen LogP contribution in [-0.2, 0) is 17.5 Å². The highest BCUT2D eigenvalue weighted by Crippen LogP contribution is 2.34. The summed E-state index contributed by atoms with van der Waals surface area (Å²) in [6.45, 7) is -0.110. The number of rotatable bonds is 5. The lowest BCUT2D eigenvalue weighted by Crippen LogP contribution is -2.38. The predicted octanol–water partition coefficient (Wildman–Crippen LogP) is 6.35. The van der Waals surface area contributed by atoms with Gasteiger partial charge in [-0.25, -0.2) is 0 Å². The second-order valence-corrected chi connectivity index (χ2v) is 9.79. The maximum Gasteiger partial charge on any atom is 0.416 e. The topological polar surface area (TPSA) is 57.7 Å². The number of hydrogen-bond donors (Lipinski definition) is 0. The van der Waals surface area contributed by atoms with Crippen molar-refractivity contribution in [1.82, 2.24) is 9.80 Å². The fraction of sp³-hybridized carbons (Fsp3) is 0.346. The molecule has 0 N–H and O–H groups in total. The van der Waals surface area contributed by atoms with Crippen LogP contribution in [0.5, 0.6) is 0 Å². The zero-order valence-electron chi connectivity index (χ0n) is 19.2. The summed E-state index contributed by atoms with van der Waals surface area (Å²) in [5.41, 5.74) is 0.862. The van der Waals surface area contributed by atoms with Gasteiger partial charge in [0.15, 0.2) is 0 Å². The number of nitrogens with zero attached hydrogens (tertiary/aromatic N) is 2. The van der Waals surface area contributed by atoms with Crippen LogP contribution in [0.1, 0.15) is 59.2 Å². The van der Waals surface area contributed by atoms with E-state index in [9.17, 15) is 27.6 Å². The molecule has 1 saturated carbocycles. The number of benzene rings is 2. The largest absolute Gasteiger partial charge is 0.416 e. The van der Waals surface area contributed by atoms with Gasteiger partial charge in [-0.2, -0.15) is 13.2 Å². The van der Waals surface area contributed by atoms with E-state index in [1.54, 1.807) is 35.2 Å². The first-order valence-electron chi connectivity index (χ1n) is 11.4. The summed E-state index contributed by atoms with van der Waals surface area (Å²) in [5, 5.41) is -0.484. The number of thioether (sulfide) groups is 1. The van der Waals surface area contributed by atoms with E-state index in [1.807, 2.05) is 7.05 Å². The van der Waals surface area contributed by atoms with Gasteiger partial charge in [-0.05, 0) is 66.1 Å². The summed E-state index contributed by atoms with van der Waals surface area (Å²) in [6, 6.07) is 11.5. The third-order valence-corrected chi connectivity index (χ3v) is 7.30. The van der Waals surface area contributed by atoms with Crippen LogP contribution in [-0.4, -0.2) is 39.9 Å². The third-order valence-electron chi connectivity index (χ3n) is 6.39. The van der Waals surface area contributed by atoms with Gasteiger partial charge in [0.1, 0.15) is 0 Å². The summed E-state index contributed by atoms with van der Waals surface area (Å²) in [6.07, 6.45) is 2.64. The van der Waals surface area contributed by atoms with Gasteiger partial charge < -0.3 is 4.90 Å². The standard InChI is InChI=1S/C26H25F3N2O3S/c1-30(21-5-3-2-4-6-21)23(32)19-11-7-17(8-12-19)15-22-24(33)31(25(34)35-22)16-18-9-13-20(14-10-18)26(27,28)29/h7-15,21H,2-6,16H2,1H3. The van der Waals surface area contributed by atoms with E-state index < -0.39 is 22.9 Å². The van der Waals surface area contributed by atoms with E-state index in [4.69, 9.17) is 0 Å². The summed E-state index contributed by atoms with van der Waals surface area (Å²) in [5.74, 6) is -0.544. The monoisotopic (exact) mass is 502 g/mol. The summed E-state index contributed by atoms with van der Waals surface area (Å²) >= 11 is 0.781. The average Bonchev–Trinajstić information content (AvgIpc) is 3.11. The Bertz CT molecular complexity index is 1140. The molecule has 2 aliphatic rings. The molecule has 0 atom stereocenters. The van der Waals surface area contributed by atoms with E-state index in [0.29, 0.717) is 16.7 Å². The van der Waals surface area contributed by atoms with E-state index in [1.165, 1.54) is 18.6 Å². The van der Waals surface area contributed by atoms with Gasteiger partial charge >= 0.3 is 6.18 Å². The zero-order chi connectivity index (χ0) is 25.2. The molecule has 184 valence electrons. The van der Waals surface area contributed by atoms with Crippen LogP contribution in [0.4, 0.5) is 18.0 Å². The van der Waals surface area contributed by atoms with Crippen molar-refractivity contribution in [2.24, 2.45) is 0 Å². The molecule has 0 unspecified atom stereocenters. The Morgan fingerprint density at radius 1 is 1.03 bits per heavy atom. The van der Waals surface area contributed by atoms with Crippen molar-refractivity contribution in [1.29, 1.82) is 0 Å². The van der Waals surface area contributed by atoms with Crippen LogP contribution in [0.2, 0.25) is 0 Å². The molecule has 1 saturated heterocycles. The van der Waals surface area contributed by atoms with E-state index in [2.05, 4.69) is 0 Å². The smallest absolute Gasteiger partial charge is 0.339 e. The highest BCUT2D eigenvalue weighted by atomic mass is 32.2. The number of carbonyl (C=O) groups is 3. The van der Waals surface area contributed by atoms with Crippen molar-refractivity contribution in [3.63, 3.8) is 0 Å². The number of halogens is 3. The molecule has 1 aliphatic carbocycles. The van der Waals surface area contributed by atoms with Crippen LogP contribution >= 0.6 is 11.8 Å². The molecule has 35 heavy (non-hydrogen) atoms. The van der Waals surface area contributed by atoms with Gasteiger partial charge in [-0.15, -0.1) is 0 Å². The van der Waals surface area contributed by atoms with Crippen molar-refractivity contribution >= 4 is 34.9 Å². The van der Waals surface area contributed by atoms with Gasteiger partial charge in [0.2, 0.25) is 0 Å². The van der Waals surface area contributed by atoms with Crippen molar-refractivity contribution in [2.75, 3.05) is 7.05 Å². The molecule has 4 rings (SSSR count). The maximum atomic E-state index is 12.8. The van der Waals surface area contributed by atoms with Crippen molar-refractivity contribution < 1.29 is 27.6 Å². The number of hydrogen-bond acceptors (Lipinski definition) is 4. The second-order valence-electron chi connectivity index (χ2n) is 8.79. The fourth-order valence-electron chi connectivity index (χ4n) is 4.33. The molecule has 2 fully saturated rings. The van der Waals surface area contributed by atoms with Crippen LogP contribution in [0, 0.1) is 0 Å². The molecule has 2 aromatic rings. The van der Waals surface area contributed by atoms with Crippen molar-refractivity contribution in [2.45, 2.75) is 50.9 Å². The lowest BCUT2D eigenvalue weighted by molar-refractivity contribution is -0.137. The lowest BCUT2D eigenvalue weighted by Gasteiger charge is -2.31. The SMILES string of the molecule is CN(C(=O)c1ccc(C=C2SC(=O)N(Cc3ccc(C(F)(F)F)cc3)C2=O)cc1)C1CCCCC1. The zero-order valence-corrected chi connectivity index (χ0v) is 20.0. The van der Waals surface area contributed by atoms with Gasteiger partial charge in [0, 0.05) is 18.7 Å². The first-order chi connectivity index (χ1) is 16.6. The molecule has 0 spiro atoms. The number of amides is 3. The first-order valence-corrected chi connectivity index (χ1v) is 12.2. The lowest BCUT2D eigenvalue weighted by atomic mass is 9.94. The second kappa shape index (κ2) is 10.3. The summed E-state index contributed by atoms with van der Waals surface area (Å²) in [7, 11) is 1.83. The normalized spacial score (nSPS) is 18.4. The number of imide groups is 1. The molecule has 1 heterocycles. The summed E-state index contributed by atoms with van der Waals surface area (Å²) in [4.78, 5) is 41.0. The molecule has 3 amide bonds. The minimum atomic E-state index is -4.45. The quantitative estimate of drug-likeness (QED) is 0.448. The van der Waals surface area contributed by atoms with Gasteiger partial charge in [0.25, 0.3) is 17.1 Å². The molecule has 9 heteroatoms. The van der Waals surface area contributed by atoms with Crippen LogP contribution in [0.15, 0.2) is 53.4 Å².